The molecule has 0 saturated heterocycles. The van der Waals surface area contributed by atoms with E-state index in [0.717, 1.165) is 16.8 Å². The standard InChI is InChI=1S/C21H22FN5O2/c1-13-7-16(14-8-15(29-4)10-23-9-14)24-17-11-27(20(28)19(13)17)18-5-6-26(25-18)12-21(2,3)22/h5-10H,11-12H2,1-4H3. The molecule has 0 unspecified atom stereocenters. The summed E-state index contributed by atoms with van der Waals surface area (Å²) in [5.74, 6) is 0.979. The Kier molecular flexibility index (Phi) is 4.56. The third-order valence-corrected chi connectivity index (χ3v) is 4.74. The van der Waals surface area contributed by atoms with Crippen LogP contribution in [0.3, 0.4) is 0 Å². The molecule has 29 heavy (non-hydrogen) atoms. The number of carbonyl (C=O) groups is 1. The molecular weight excluding hydrogens is 373 g/mol. The summed E-state index contributed by atoms with van der Waals surface area (Å²) in [6.45, 7) is 5.31. The van der Waals surface area contributed by atoms with Gasteiger partial charge < -0.3 is 4.74 Å². The van der Waals surface area contributed by atoms with E-state index in [1.807, 2.05) is 19.1 Å². The monoisotopic (exact) mass is 395 g/mol. The number of ether oxygens (including phenoxy) is 1. The van der Waals surface area contributed by atoms with Crippen LogP contribution in [0.25, 0.3) is 11.3 Å². The van der Waals surface area contributed by atoms with Gasteiger partial charge in [0.25, 0.3) is 5.91 Å². The summed E-state index contributed by atoms with van der Waals surface area (Å²) in [6.07, 6.45) is 5.02. The Morgan fingerprint density at radius 1 is 1.28 bits per heavy atom. The van der Waals surface area contributed by atoms with E-state index in [0.29, 0.717) is 29.4 Å². The minimum atomic E-state index is -1.39. The molecule has 0 fully saturated rings. The van der Waals surface area contributed by atoms with Crippen molar-refractivity contribution in [3.8, 4) is 17.0 Å². The van der Waals surface area contributed by atoms with Gasteiger partial charge in [-0.05, 0) is 38.5 Å². The Bertz CT molecular complexity index is 1090. The van der Waals surface area contributed by atoms with Crippen LogP contribution >= 0.6 is 0 Å². The molecule has 0 spiro atoms. The second-order valence-electron chi connectivity index (χ2n) is 7.74. The van der Waals surface area contributed by atoms with Crippen molar-refractivity contribution < 1.29 is 13.9 Å². The van der Waals surface area contributed by atoms with Crippen LogP contribution in [0.4, 0.5) is 10.2 Å². The molecule has 0 radical (unpaired) electrons. The van der Waals surface area contributed by atoms with E-state index in [-0.39, 0.29) is 12.5 Å². The van der Waals surface area contributed by atoms with Crippen molar-refractivity contribution in [3.63, 3.8) is 0 Å². The largest absolute Gasteiger partial charge is 0.495 e. The molecule has 0 atom stereocenters. The molecule has 0 saturated carbocycles. The quantitative estimate of drug-likeness (QED) is 0.660. The van der Waals surface area contributed by atoms with Gasteiger partial charge in [-0.3, -0.25) is 24.3 Å². The number of carbonyl (C=O) groups excluding carboxylic acids is 1. The Morgan fingerprint density at radius 3 is 2.79 bits per heavy atom. The molecule has 150 valence electrons. The normalized spacial score (nSPS) is 13.7. The fourth-order valence-corrected chi connectivity index (χ4v) is 3.47. The molecule has 1 amide bonds. The minimum absolute atomic E-state index is 0.117. The number of aromatic nitrogens is 4. The molecule has 4 heterocycles. The summed E-state index contributed by atoms with van der Waals surface area (Å²) >= 11 is 0. The smallest absolute Gasteiger partial charge is 0.262 e. The van der Waals surface area contributed by atoms with Crippen LogP contribution in [0.15, 0.2) is 36.8 Å². The average molecular weight is 395 g/mol. The van der Waals surface area contributed by atoms with Gasteiger partial charge >= 0.3 is 0 Å². The van der Waals surface area contributed by atoms with E-state index in [1.165, 1.54) is 18.5 Å². The number of pyridine rings is 2. The van der Waals surface area contributed by atoms with Gasteiger partial charge in [-0.2, -0.15) is 5.10 Å². The predicted molar refractivity (Wildman–Crippen MR) is 107 cm³/mol. The number of amides is 1. The fourth-order valence-electron chi connectivity index (χ4n) is 3.47. The van der Waals surface area contributed by atoms with Gasteiger partial charge in [0.05, 0.1) is 43.3 Å². The first-order chi connectivity index (χ1) is 13.7. The molecule has 7 nitrogen and oxygen atoms in total. The van der Waals surface area contributed by atoms with E-state index >= 15 is 0 Å². The summed E-state index contributed by atoms with van der Waals surface area (Å²) in [5, 5.41) is 4.37. The molecular formula is C21H22FN5O2. The number of rotatable bonds is 5. The van der Waals surface area contributed by atoms with Gasteiger partial charge in [0.2, 0.25) is 0 Å². The minimum Gasteiger partial charge on any atom is -0.495 e. The maximum Gasteiger partial charge on any atom is 0.262 e. The molecule has 1 aliphatic rings. The van der Waals surface area contributed by atoms with E-state index < -0.39 is 5.67 Å². The van der Waals surface area contributed by atoms with Gasteiger partial charge in [-0.25, -0.2) is 4.39 Å². The topological polar surface area (TPSA) is 73.1 Å². The molecule has 8 heteroatoms. The van der Waals surface area contributed by atoms with E-state index in [4.69, 9.17) is 9.72 Å². The predicted octanol–water partition coefficient (Wildman–Crippen LogP) is 3.57. The van der Waals surface area contributed by atoms with E-state index in [1.54, 1.807) is 36.7 Å². The lowest BCUT2D eigenvalue weighted by Crippen LogP contribution is -2.25. The number of anilines is 1. The van der Waals surface area contributed by atoms with Crippen molar-refractivity contribution in [2.75, 3.05) is 12.0 Å². The molecule has 4 rings (SSSR count). The molecule has 0 N–H and O–H groups in total. The maximum absolute atomic E-state index is 13.9. The van der Waals surface area contributed by atoms with Gasteiger partial charge in [0, 0.05) is 24.0 Å². The Balaban J connectivity index is 1.65. The Hall–Kier alpha value is -3.29. The SMILES string of the molecule is COc1cncc(-c2cc(C)c3c(n2)CN(c2ccn(CC(C)(C)F)n2)C3=O)c1. The average Bonchev–Trinajstić information content (AvgIpc) is 3.24. The number of alkyl halides is 1. The lowest BCUT2D eigenvalue weighted by Gasteiger charge is -2.14. The zero-order valence-electron chi connectivity index (χ0n) is 16.8. The third kappa shape index (κ3) is 3.70. The second-order valence-corrected chi connectivity index (χ2v) is 7.74. The molecule has 3 aromatic rings. The molecule has 0 bridgehead atoms. The van der Waals surface area contributed by atoms with Crippen LogP contribution in [-0.4, -0.2) is 38.4 Å². The summed E-state index contributed by atoms with van der Waals surface area (Å²) in [7, 11) is 1.59. The number of fused-ring (bicyclic) bond motifs is 1. The molecule has 3 aromatic heterocycles. The van der Waals surface area contributed by atoms with Gasteiger partial charge in [-0.15, -0.1) is 0 Å². The van der Waals surface area contributed by atoms with Crippen LogP contribution in [0.5, 0.6) is 5.75 Å². The zero-order valence-corrected chi connectivity index (χ0v) is 16.8. The lowest BCUT2D eigenvalue weighted by atomic mass is 10.1. The number of hydrogen-bond acceptors (Lipinski definition) is 5. The van der Waals surface area contributed by atoms with Crippen LogP contribution in [0.1, 0.15) is 35.5 Å². The number of nitrogens with zero attached hydrogens (tertiary/aromatic N) is 5. The highest BCUT2D eigenvalue weighted by Gasteiger charge is 2.33. The summed E-state index contributed by atoms with van der Waals surface area (Å²) < 4.78 is 20.7. The summed E-state index contributed by atoms with van der Waals surface area (Å²) in [4.78, 5) is 23.4. The first-order valence-corrected chi connectivity index (χ1v) is 9.29. The molecule has 0 aromatic carbocycles. The summed E-state index contributed by atoms with van der Waals surface area (Å²) in [6, 6.07) is 5.45. The number of hydrogen-bond donors (Lipinski definition) is 0. The fraction of sp³-hybridized carbons (Fsp3) is 0.333. The van der Waals surface area contributed by atoms with Crippen molar-refractivity contribution in [1.29, 1.82) is 0 Å². The van der Waals surface area contributed by atoms with Crippen molar-refractivity contribution in [1.82, 2.24) is 19.7 Å². The summed E-state index contributed by atoms with van der Waals surface area (Å²) in [5.41, 5.74) is 2.27. The first-order valence-electron chi connectivity index (χ1n) is 9.29. The zero-order chi connectivity index (χ0) is 20.8. The Labute approximate surface area is 168 Å². The molecule has 1 aliphatic heterocycles. The number of halogens is 1. The van der Waals surface area contributed by atoms with Gasteiger partial charge in [-0.1, -0.05) is 0 Å². The highest BCUT2D eigenvalue weighted by atomic mass is 19.1. The van der Waals surface area contributed by atoms with Crippen molar-refractivity contribution >= 4 is 11.7 Å². The second kappa shape index (κ2) is 6.95. The van der Waals surface area contributed by atoms with Crippen LogP contribution in [0.2, 0.25) is 0 Å². The number of methoxy groups -OCH3 is 1. The van der Waals surface area contributed by atoms with E-state index in [9.17, 15) is 9.18 Å². The van der Waals surface area contributed by atoms with Crippen LogP contribution < -0.4 is 9.64 Å². The van der Waals surface area contributed by atoms with Crippen molar-refractivity contribution in [3.05, 3.63) is 53.6 Å². The van der Waals surface area contributed by atoms with Gasteiger partial charge in [0.1, 0.15) is 11.4 Å². The van der Waals surface area contributed by atoms with Gasteiger partial charge in [0.15, 0.2) is 5.82 Å². The lowest BCUT2D eigenvalue weighted by molar-refractivity contribution is 0.0995. The van der Waals surface area contributed by atoms with Crippen LogP contribution in [0, 0.1) is 6.92 Å². The number of aryl methyl sites for hydroxylation is 1. The van der Waals surface area contributed by atoms with Crippen LogP contribution in [-0.2, 0) is 13.1 Å². The Morgan fingerprint density at radius 2 is 2.07 bits per heavy atom. The third-order valence-electron chi connectivity index (χ3n) is 4.74. The van der Waals surface area contributed by atoms with E-state index in [2.05, 4.69) is 10.1 Å². The first kappa shape index (κ1) is 19.0. The highest BCUT2D eigenvalue weighted by Crippen LogP contribution is 2.31. The molecule has 0 aliphatic carbocycles. The van der Waals surface area contributed by atoms with Crippen molar-refractivity contribution in [2.45, 2.75) is 39.5 Å². The van der Waals surface area contributed by atoms with Crippen molar-refractivity contribution in [2.24, 2.45) is 0 Å². The maximum atomic E-state index is 13.9. The highest BCUT2D eigenvalue weighted by molar-refractivity contribution is 6.10.